The first-order valence-corrected chi connectivity index (χ1v) is 12.5. The highest BCUT2D eigenvalue weighted by atomic mass is 19.1. The van der Waals surface area contributed by atoms with Gasteiger partial charge in [-0.25, -0.2) is 14.1 Å². The number of benzene rings is 1. The molecule has 2 aliphatic rings. The van der Waals surface area contributed by atoms with Crippen molar-refractivity contribution in [2.24, 2.45) is 11.7 Å². The number of imide groups is 1. The van der Waals surface area contributed by atoms with Crippen molar-refractivity contribution in [2.45, 2.75) is 57.9 Å². The average molecular weight is 493 g/mol. The van der Waals surface area contributed by atoms with Crippen LogP contribution in [-0.4, -0.2) is 67.2 Å². The summed E-state index contributed by atoms with van der Waals surface area (Å²) in [6, 6.07) is 4.73. The summed E-state index contributed by atoms with van der Waals surface area (Å²) in [4.78, 5) is 37.8. The van der Waals surface area contributed by atoms with Gasteiger partial charge in [0.05, 0.1) is 13.2 Å². The van der Waals surface area contributed by atoms with Gasteiger partial charge in [-0.05, 0) is 62.8 Å². The van der Waals surface area contributed by atoms with E-state index in [1.165, 1.54) is 23.8 Å². The zero-order valence-electron chi connectivity index (χ0n) is 20.5. The number of carbonyl (C=O) groups excluding carboxylic acids is 3. The second kappa shape index (κ2) is 13.4. The van der Waals surface area contributed by atoms with Crippen molar-refractivity contribution in [1.82, 2.24) is 15.1 Å². The summed E-state index contributed by atoms with van der Waals surface area (Å²) in [5, 5.41) is 3.48. The lowest BCUT2D eigenvalue weighted by Crippen LogP contribution is -2.36. The molecule has 0 unspecified atom stereocenters. The van der Waals surface area contributed by atoms with E-state index in [2.05, 4.69) is 12.2 Å². The van der Waals surface area contributed by atoms with E-state index in [-0.39, 0.29) is 37.6 Å². The van der Waals surface area contributed by atoms with Gasteiger partial charge in [-0.15, -0.1) is 0 Å². The third-order valence-electron chi connectivity index (χ3n) is 6.33. The van der Waals surface area contributed by atoms with Gasteiger partial charge in [-0.1, -0.05) is 25.3 Å². The van der Waals surface area contributed by atoms with Gasteiger partial charge in [0.15, 0.2) is 18.3 Å². The van der Waals surface area contributed by atoms with Crippen LogP contribution >= 0.6 is 0 Å². The summed E-state index contributed by atoms with van der Waals surface area (Å²) < 4.78 is 24.4. The van der Waals surface area contributed by atoms with Crippen molar-refractivity contribution in [3.63, 3.8) is 0 Å². The number of rotatable bonds is 16. The number of urea groups is 1. The number of hydrogen-bond donors (Lipinski definition) is 2. The van der Waals surface area contributed by atoms with Crippen molar-refractivity contribution >= 4 is 17.9 Å². The van der Waals surface area contributed by atoms with Gasteiger partial charge in [-0.2, -0.15) is 0 Å². The number of carbonyl (C=O) groups is 3. The molecule has 2 fully saturated rings. The van der Waals surface area contributed by atoms with E-state index in [4.69, 9.17) is 15.2 Å². The topological polar surface area (TPSA) is 114 Å². The van der Waals surface area contributed by atoms with E-state index < -0.39 is 12.0 Å². The number of nitrogens with zero attached hydrogens (tertiary/aromatic N) is 2. The van der Waals surface area contributed by atoms with Gasteiger partial charge < -0.3 is 25.4 Å². The van der Waals surface area contributed by atoms with E-state index >= 15 is 0 Å². The van der Waals surface area contributed by atoms with Gasteiger partial charge in [0.2, 0.25) is 0 Å². The molecule has 1 aliphatic heterocycles. The highest BCUT2D eigenvalue weighted by Crippen LogP contribution is 2.31. The molecule has 1 atom stereocenters. The Hall–Kier alpha value is -2.72. The Morgan fingerprint density at radius 2 is 1.94 bits per heavy atom. The van der Waals surface area contributed by atoms with Crippen LogP contribution in [0.3, 0.4) is 0 Å². The number of nitrogens with one attached hydrogen (secondary N) is 1. The normalized spacial score (nSPS) is 16.7. The van der Waals surface area contributed by atoms with Crippen molar-refractivity contribution < 1.29 is 28.2 Å². The highest BCUT2D eigenvalue weighted by Gasteiger charge is 2.36. The van der Waals surface area contributed by atoms with Gasteiger partial charge in [0.1, 0.15) is 6.54 Å². The highest BCUT2D eigenvalue weighted by molar-refractivity contribution is 6.01. The fourth-order valence-electron chi connectivity index (χ4n) is 3.88. The van der Waals surface area contributed by atoms with Crippen LogP contribution in [0.4, 0.5) is 9.18 Å². The largest absolute Gasteiger partial charge is 0.490 e. The van der Waals surface area contributed by atoms with E-state index in [1.54, 1.807) is 12.1 Å². The molecule has 3 amide bonds. The van der Waals surface area contributed by atoms with E-state index in [1.807, 2.05) is 0 Å². The molecule has 1 heterocycles. The van der Waals surface area contributed by atoms with Crippen LogP contribution < -0.4 is 15.8 Å². The maximum atomic E-state index is 14.0. The van der Waals surface area contributed by atoms with Gasteiger partial charge in [-0.3, -0.25) is 9.59 Å². The Balaban J connectivity index is 1.25. The number of nitrogens with two attached hydrogens (primary N) is 1. The number of amides is 3. The quantitative estimate of drug-likeness (QED) is 0.207. The van der Waals surface area contributed by atoms with Crippen molar-refractivity contribution in [2.75, 3.05) is 39.5 Å². The first kappa shape index (κ1) is 26.9. The number of esters is 1. The molecular formula is C25H37FN4O5. The predicted molar refractivity (Wildman–Crippen MR) is 128 cm³/mol. The zero-order valence-corrected chi connectivity index (χ0v) is 20.5. The summed E-state index contributed by atoms with van der Waals surface area (Å²) in [6.45, 7) is 3.33. The predicted octanol–water partition coefficient (Wildman–Crippen LogP) is 2.94. The Kier molecular flexibility index (Phi) is 10.3. The molecule has 0 bridgehead atoms. The Morgan fingerprint density at radius 1 is 1.20 bits per heavy atom. The fourth-order valence-corrected chi connectivity index (χ4v) is 3.88. The molecule has 1 saturated heterocycles. The maximum Gasteiger partial charge on any atom is 0.330 e. The lowest BCUT2D eigenvalue weighted by atomic mass is 10.1. The minimum absolute atomic E-state index is 0.0114. The number of unbranched alkanes of at least 4 members (excludes halogenated alkanes) is 4. The third kappa shape index (κ3) is 8.47. The van der Waals surface area contributed by atoms with E-state index in [0.717, 1.165) is 49.1 Å². The fraction of sp³-hybridized carbons (Fsp3) is 0.640. The van der Waals surface area contributed by atoms with Crippen LogP contribution in [0.5, 0.6) is 5.75 Å². The summed E-state index contributed by atoms with van der Waals surface area (Å²) in [7, 11) is 0. The Bertz CT molecular complexity index is 879. The molecule has 3 N–H and O–H groups in total. The molecule has 10 heteroatoms. The van der Waals surface area contributed by atoms with E-state index in [9.17, 15) is 18.8 Å². The van der Waals surface area contributed by atoms with Gasteiger partial charge >= 0.3 is 12.0 Å². The minimum atomic E-state index is -0.659. The zero-order chi connectivity index (χ0) is 25.2. The summed E-state index contributed by atoms with van der Waals surface area (Å²) in [5.41, 5.74) is 6.16. The van der Waals surface area contributed by atoms with Crippen LogP contribution in [0.15, 0.2) is 18.2 Å². The van der Waals surface area contributed by atoms with Crippen LogP contribution in [0.2, 0.25) is 0 Å². The van der Waals surface area contributed by atoms with E-state index in [0.29, 0.717) is 24.8 Å². The molecule has 0 aromatic heterocycles. The SMILES string of the molecule is C[C@@H](NCCCCCCCN1CC(=O)N(COC(=O)CN)C1=O)c1ccc(F)c(OCC2CC2)c1. The third-order valence-corrected chi connectivity index (χ3v) is 6.33. The molecule has 9 nitrogen and oxygen atoms in total. The molecule has 1 aromatic carbocycles. The van der Waals surface area contributed by atoms with Crippen molar-refractivity contribution in [1.29, 1.82) is 0 Å². The summed E-state index contributed by atoms with van der Waals surface area (Å²) in [6.07, 6.45) is 7.18. The maximum absolute atomic E-state index is 14.0. The van der Waals surface area contributed by atoms with Crippen LogP contribution in [0, 0.1) is 11.7 Å². The summed E-state index contributed by atoms with van der Waals surface area (Å²) in [5.74, 6) is -0.434. The monoisotopic (exact) mass is 492 g/mol. The molecule has 35 heavy (non-hydrogen) atoms. The second-order valence-electron chi connectivity index (χ2n) is 9.26. The molecule has 1 aromatic rings. The standard InChI is InChI=1S/C25H37FN4O5/c1-18(20-9-10-21(26)22(13-20)34-16-19-7-8-19)28-11-5-3-2-4-6-12-29-15-23(31)30(25(29)33)17-35-24(32)14-27/h9-10,13,18-19,28H,2-8,11-12,14-17,27H2,1H3/t18-/m1/s1. The smallest absolute Gasteiger partial charge is 0.330 e. The van der Waals surface area contributed by atoms with Crippen LogP contribution in [0.1, 0.15) is 63.5 Å². The molecular weight excluding hydrogens is 455 g/mol. The number of hydrogen-bond acceptors (Lipinski definition) is 7. The van der Waals surface area contributed by atoms with Crippen molar-refractivity contribution in [3.05, 3.63) is 29.6 Å². The lowest BCUT2D eigenvalue weighted by Gasteiger charge is -2.17. The number of ether oxygens (including phenoxy) is 2. The molecule has 1 saturated carbocycles. The van der Waals surface area contributed by atoms with Gasteiger partial charge in [0, 0.05) is 12.6 Å². The minimum Gasteiger partial charge on any atom is -0.490 e. The second-order valence-corrected chi connectivity index (χ2v) is 9.26. The first-order chi connectivity index (χ1) is 16.9. The molecule has 0 radical (unpaired) electrons. The average Bonchev–Trinajstić information content (AvgIpc) is 3.64. The molecule has 1 aliphatic carbocycles. The summed E-state index contributed by atoms with van der Waals surface area (Å²) >= 11 is 0. The Labute approximate surface area is 206 Å². The van der Waals surface area contributed by atoms with Crippen LogP contribution in [0.25, 0.3) is 0 Å². The first-order valence-electron chi connectivity index (χ1n) is 12.5. The van der Waals surface area contributed by atoms with Crippen molar-refractivity contribution in [3.8, 4) is 5.75 Å². The lowest BCUT2D eigenvalue weighted by molar-refractivity contribution is -0.147. The Morgan fingerprint density at radius 3 is 2.69 bits per heavy atom. The van der Waals surface area contributed by atoms with Crippen LogP contribution in [-0.2, 0) is 14.3 Å². The number of halogens is 1. The molecule has 194 valence electrons. The molecule has 0 spiro atoms. The van der Waals surface area contributed by atoms with Gasteiger partial charge in [0.25, 0.3) is 5.91 Å². The molecule has 3 rings (SSSR count).